The van der Waals surface area contributed by atoms with E-state index >= 15 is 0 Å². The topological polar surface area (TPSA) is 60.7 Å². The van der Waals surface area contributed by atoms with Crippen LogP contribution in [0.1, 0.15) is 32.0 Å². The van der Waals surface area contributed by atoms with Crippen molar-refractivity contribution < 1.29 is 4.79 Å². The number of carbonyl (C=O) groups excluding carboxylic acids is 1. The summed E-state index contributed by atoms with van der Waals surface area (Å²) in [6.07, 6.45) is 3.07. The number of hydrogen-bond acceptors (Lipinski definition) is 4. The highest BCUT2D eigenvalue weighted by molar-refractivity contribution is 5.81. The van der Waals surface area contributed by atoms with E-state index < -0.39 is 0 Å². The zero-order valence-electron chi connectivity index (χ0n) is 8.53. The van der Waals surface area contributed by atoms with Crippen molar-refractivity contribution in [3.8, 4) is 0 Å². The summed E-state index contributed by atoms with van der Waals surface area (Å²) < 4.78 is 0. The summed E-state index contributed by atoms with van der Waals surface area (Å²) in [7, 11) is 1.75. The van der Waals surface area contributed by atoms with Crippen molar-refractivity contribution >= 4 is 5.78 Å². The lowest BCUT2D eigenvalue weighted by atomic mass is 9.85. The first-order valence-electron chi connectivity index (χ1n) is 4.82. The largest absolute Gasteiger partial charge is 0.300 e. The summed E-state index contributed by atoms with van der Waals surface area (Å²) in [5.41, 5.74) is 0.0557. The molecule has 5 nitrogen and oxygen atoms in total. The van der Waals surface area contributed by atoms with E-state index in [4.69, 9.17) is 0 Å². The minimum atomic E-state index is 0.0557. The van der Waals surface area contributed by atoms with Crippen molar-refractivity contribution in [3.05, 3.63) is 5.82 Å². The van der Waals surface area contributed by atoms with E-state index in [-0.39, 0.29) is 5.41 Å². The first-order valence-corrected chi connectivity index (χ1v) is 4.82. The molecule has 0 bridgehead atoms. The van der Waals surface area contributed by atoms with Gasteiger partial charge in [0, 0.05) is 19.3 Å². The maximum atomic E-state index is 11.2. The summed E-state index contributed by atoms with van der Waals surface area (Å²) in [4.78, 5) is 12.6. The third-order valence-corrected chi connectivity index (χ3v) is 2.77. The van der Waals surface area contributed by atoms with Crippen molar-refractivity contribution in [2.75, 3.05) is 0 Å². The highest BCUT2D eigenvalue weighted by Crippen LogP contribution is 2.37. The molecule has 1 aliphatic rings. The van der Waals surface area contributed by atoms with Crippen molar-refractivity contribution in [2.45, 2.75) is 32.6 Å². The molecule has 1 aromatic heterocycles. The number of Topliss-reactive ketones (excluding diaryl/α,β-unsaturated/α-hetero) is 1. The van der Waals surface area contributed by atoms with Gasteiger partial charge in [-0.25, -0.2) is 0 Å². The number of rotatable bonds is 2. The molecule has 1 atom stereocenters. The average Bonchev–Trinajstić information content (AvgIpc) is 2.60. The number of aryl methyl sites for hydroxylation is 1. The predicted octanol–water partition coefficient (Wildman–Crippen LogP) is 0.512. The fourth-order valence-corrected chi connectivity index (χ4v) is 2.02. The molecular formula is C9H14N4O. The number of nitrogens with zero attached hydrogens (tertiary/aromatic N) is 4. The van der Waals surface area contributed by atoms with E-state index in [2.05, 4.69) is 22.3 Å². The van der Waals surface area contributed by atoms with Gasteiger partial charge in [-0.3, -0.25) is 4.79 Å². The van der Waals surface area contributed by atoms with Gasteiger partial charge < -0.3 is 0 Å². The summed E-state index contributed by atoms with van der Waals surface area (Å²) in [5, 5.41) is 11.8. The lowest BCUT2D eigenvalue weighted by Gasteiger charge is -2.19. The Balaban J connectivity index is 2.07. The van der Waals surface area contributed by atoms with Gasteiger partial charge in [0.2, 0.25) is 0 Å². The molecule has 0 N–H and O–H groups in total. The third-order valence-electron chi connectivity index (χ3n) is 2.77. The van der Waals surface area contributed by atoms with Crippen LogP contribution in [-0.4, -0.2) is 26.0 Å². The highest BCUT2D eigenvalue weighted by atomic mass is 16.1. The lowest BCUT2D eigenvalue weighted by molar-refractivity contribution is -0.117. The SMILES string of the molecule is Cn1nnc(CC2(C)CCC(=O)C2)n1. The van der Waals surface area contributed by atoms with E-state index in [9.17, 15) is 4.79 Å². The zero-order valence-corrected chi connectivity index (χ0v) is 8.53. The average molecular weight is 194 g/mol. The molecule has 0 amide bonds. The normalized spacial score (nSPS) is 27.1. The van der Waals surface area contributed by atoms with E-state index in [0.29, 0.717) is 18.6 Å². The summed E-state index contributed by atoms with van der Waals surface area (Å²) >= 11 is 0. The van der Waals surface area contributed by atoms with Crippen molar-refractivity contribution in [1.29, 1.82) is 0 Å². The van der Waals surface area contributed by atoms with Gasteiger partial charge in [-0.1, -0.05) is 6.92 Å². The van der Waals surface area contributed by atoms with Crippen LogP contribution in [-0.2, 0) is 18.3 Å². The molecule has 0 spiro atoms. The number of aromatic nitrogens is 4. The molecule has 1 unspecified atom stereocenters. The van der Waals surface area contributed by atoms with E-state index in [0.717, 1.165) is 18.7 Å². The minimum absolute atomic E-state index is 0.0557. The van der Waals surface area contributed by atoms with E-state index in [1.165, 1.54) is 4.80 Å². The second kappa shape index (κ2) is 3.15. The van der Waals surface area contributed by atoms with Gasteiger partial charge in [-0.15, -0.1) is 10.2 Å². The highest BCUT2D eigenvalue weighted by Gasteiger charge is 2.35. The number of ketones is 1. The standard InChI is InChI=1S/C9H14N4O/c1-9(4-3-7(14)5-9)6-8-10-12-13(2)11-8/h3-6H2,1-2H3. The quantitative estimate of drug-likeness (QED) is 0.688. The Morgan fingerprint density at radius 1 is 1.57 bits per heavy atom. The van der Waals surface area contributed by atoms with Crippen molar-refractivity contribution in [1.82, 2.24) is 20.2 Å². The Hall–Kier alpha value is -1.26. The van der Waals surface area contributed by atoms with E-state index in [1.54, 1.807) is 7.05 Å². The molecule has 5 heteroatoms. The van der Waals surface area contributed by atoms with Gasteiger partial charge in [0.1, 0.15) is 5.78 Å². The molecule has 1 heterocycles. The molecule has 1 saturated carbocycles. The van der Waals surface area contributed by atoms with Crippen LogP contribution in [0.5, 0.6) is 0 Å². The van der Waals surface area contributed by atoms with Gasteiger partial charge in [-0.05, 0) is 17.0 Å². The van der Waals surface area contributed by atoms with Crippen LogP contribution in [0.4, 0.5) is 0 Å². The molecule has 1 aliphatic carbocycles. The van der Waals surface area contributed by atoms with Gasteiger partial charge in [0.25, 0.3) is 0 Å². The summed E-state index contributed by atoms with van der Waals surface area (Å²) in [6.45, 7) is 2.12. The molecule has 0 radical (unpaired) electrons. The third kappa shape index (κ3) is 1.81. The molecule has 1 fully saturated rings. The first-order chi connectivity index (χ1) is 6.57. The molecule has 0 aromatic carbocycles. The fraction of sp³-hybridized carbons (Fsp3) is 0.778. The van der Waals surface area contributed by atoms with Crippen LogP contribution in [0.3, 0.4) is 0 Å². The van der Waals surface area contributed by atoms with Crippen LogP contribution >= 0.6 is 0 Å². The summed E-state index contributed by atoms with van der Waals surface area (Å²) in [6, 6.07) is 0. The second-order valence-electron chi connectivity index (χ2n) is 4.40. The first kappa shape index (κ1) is 9.30. The van der Waals surface area contributed by atoms with Gasteiger partial charge in [0.15, 0.2) is 5.82 Å². The molecule has 0 aliphatic heterocycles. The monoisotopic (exact) mass is 194 g/mol. The van der Waals surface area contributed by atoms with Crippen molar-refractivity contribution in [3.63, 3.8) is 0 Å². The summed E-state index contributed by atoms with van der Waals surface area (Å²) in [5.74, 6) is 1.10. The Bertz CT molecular complexity index is 359. The van der Waals surface area contributed by atoms with Gasteiger partial charge in [-0.2, -0.15) is 4.80 Å². The number of carbonyl (C=O) groups is 1. The second-order valence-corrected chi connectivity index (χ2v) is 4.40. The number of tetrazole rings is 1. The van der Waals surface area contributed by atoms with Crippen LogP contribution in [0.25, 0.3) is 0 Å². The van der Waals surface area contributed by atoms with Gasteiger partial charge >= 0.3 is 0 Å². The Morgan fingerprint density at radius 2 is 2.36 bits per heavy atom. The van der Waals surface area contributed by atoms with Crippen molar-refractivity contribution in [2.24, 2.45) is 12.5 Å². The molecule has 1 aromatic rings. The van der Waals surface area contributed by atoms with E-state index in [1.807, 2.05) is 0 Å². The smallest absolute Gasteiger partial charge is 0.175 e. The lowest BCUT2D eigenvalue weighted by Crippen LogP contribution is -2.16. The Kier molecular flexibility index (Phi) is 2.09. The van der Waals surface area contributed by atoms with Crippen LogP contribution < -0.4 is 0 Å². The van der Waals surface area contributed by atoms with Crippen LogP contribution in [0.15, 0.2) is 0 Å². The van der Waals surface area contributed by atoms with Gasteiger partial charge in [0.05, 0.1) is 7.05 Å². The maximum absolute atomic E-state index is 11.2. The zero-order chi connectivity index (χ0) is 10.2. The molecule has 14 heavy (non-hydrogen) atoms. The fourth-order valence-electron chi connectivity index (χ4n) is 2.02. The molecule has 76 valence electrons. The molecule has 0 saturated heterocycles. The van der Waals surface area contributed by atoms with Crippen LogP contribution in [0, 0.1) is 5.41 Å². The Labute approximate surface area is 82.5 Å². The predicted molar refractivity (Wildman–Crippen MR) is 49.5 cm³/mol. The molecular weight excluding hydrogens is 180 g/mol. The number of hydrogen-bond donors (Lipinski definition) is 0. The van der Waals surface area contributed by atoms with Crippen LogP contribution in [0.2, 0.25) is 0 Å². The molecule has 2 rings (SSSR count). The minimum Gasteiger partial charge on any atom is -0.300 e. The Morgan fingerprint density at radius 3 is 2.86 bits per heavy atom. The maximum Gasteiger partial charge on any atom is 0.175 e.